The SMILES string of the molecule is COc1cc(/C=C/C(=O)NCCn2nc(C3CC3)ccc2=O)cc(OC)c1OC. The number of carbonyl (C=O) groups excluding carboxylic acids is 1. The summed E-state index contributed by atoms with van der Waals surface area (Å²) in [4.78, 5) is 24.0. The number of carbonyl (C=O) groups is 1. The van der Waals surface area contributed by atoms with Crippen molar-refractivity contribution in [1.82, 2.24) is 15.1 Å². The van der Waals surface area contributed by atoms with Gasteiger partial charge in [-0.3, -0.25) is 9.59 Å². The van der Waals surface area contributed by atoms with Crippen LogP contribution in [0.25, 0.3) is 6.08 Å². The second kappa shape index (κ2) is 9.27. The number of hydrogen-bond acceptors (Lipinski definition) is 6. The van der Waals surface area contributed by atoms with Crippen LogP contribution in [0.4, 0.5) is 0 Å². The first-order valence-corrected chi connectivity index (χ1v) is 9.39. The highest BCUT2D eigenvalue weighted by molar-refractivity contribution is 5.91. The maximum Gasteiger partial charge on any atom is 0.266 e. The number of benzene rings is 1. The number of rotatable bonds is 9. The van der Waals surface area contributed by atoms with Gasteiger partial charge in [0.25, 0.3) is 5.56 Å². The lowest BCUT2D eigenvalue weighted by Crippen LogP contribution is -2.31. The molecule has 3 rings (SSSR count). The summed E-state index contributed by atoms with van der Waals surface area (Å²) < 4.78 is 17.3. The van der Waals surface area contributed by atoms with Crippen molar-refractivity contribution in [2.75, 3.05) is 27.9 Å². The third kappa shape index (κ3) is 5.16. The minimum absolute atomic E-state index is 0.170. The summed E-state index contributed by atoms with van der Waals surface area (Å²) in [7, 11) is 4.60. The molecule has 1 saturated carbocycles. The molecule has 8 heteroatoms. The van der Waals surface area contributed by atoms with Gasteiger partial charge in [0.05, 0.1) is 33.6 Å². The predicted molar refractivity (Wildman–Crippen MR) is 109 cm³/mol. The van der Waals surface area contributed by atoms with Crippen LogP contribution in [0, 0.1) is 0 Å². The zero-order valence-corrected chi connectivity index (χ0v) is 16.8. The van der Waals surface area contributed by atoms with E-state index in [1.54, 1.807) is 24.3 Å². The van der Waals surface area contributed by atoms with Gasteiger partial charge < -0.3 is 19.5 Å². The average Bonchev–Trinajstić information content (AvgIpc) is 3.58. The molecule has 2 aromatic rings. The molecule has 8 nitrogen and oxygen atoms in total. The molecule has 0 bridgehead atoms. The predicted octanol–water partition coefficient (Wildman–Crippen LogP) is 1.98. The van der Waals surface area contributed by atoms with E-state index in [4.69, 9.17) is 14.2 Å². The molecule has 29 heavy (non-hydrogen) atoms. The first-order chi connectivity index (χ1) is 14.0. The van der Waals surface area contributed by atoms with Crippen LogP contribution in [0.15, 0.2) is 35.1 Å². The van der Waals surface area contributed by atoms with E-state index in [9.17, 15) is 9.59 Å². The second-order valence-corrected chi connectivity index (χ2v) is 6.68. The summed E-state index contributed by atoms with van der Waals surface area (Å²) in [5, 5.41) is 7.13. The van der Waals surface area contributed by atoms with E-state index in [-0.39, 0.29) is 11.5 Å². The Hall–Kier alpha value is -3.29. The maximum absolute atomic E-state index is 12.1. The van der Waals surface area contributed by atoms with E-state index >= 15 is 0 Å². The molecule has 0 aliphatic heterocycles. The Morgan fingerprint density at radius 1 is 1.17 bits per heavy atom. The van der Waals surface area contributed by atoms with Crippen LogP contribution in [0.2, 0.25) is 0 Å². The quantitative estimate of drug-likeness (QED) is 0.649. The van der Waals surface area contributed by atoms with Gasteiger partial charge in [-0.2, -0.15) is 5.10 Å². The number of amides is 1. The average molecular weight is 399 g/mol. The lowest BCUT2D eigenvalue weighted by Gasteiger charge is -2.12. The summed E-state index contributed by atoms with van der Waals surface area (Å²) in [6.45, 7) is 0.628. The van der Waals surface area contributed by atoms with E-state index in [1.807, 2.05) is 0 Å². The zero-order valence-electron chi connectivity index (χ0n) is 16.8. The van der Waals surface area contributed by atoms with Crippen molar-refractivity contribution in [3.8, 4) is 17.2 Å². The molecule has 0 atom stereocenters. The van der Waals surface area contributed by atoms with E-state index < -0.39 is 0 Å². The Balaban J connectivity index is 1.59. The molecule has 1 N–H and O–H groups in total. The van der Waals surface area contributed by atoms with Crippen LogP contribution in [0.1, 0.15) is 30.0 Å². The lowest BCUT2D eigenvalue weighted by molar-refractivity contribution is -0.116. The number of methoxy groups -OCH3 is 3. The molecule has 1 aliphatic rings. The van der Waals surface area contributed by atoms with E-state index in [0.717, 1.165) is 24.1 Å². The monoisotopic (exact) mass is 399 g/mol. The molecular formula is C21H25N3O5. The Bertz CT molecular complexity index is 938. The van der Waals surface area contributed by atoms with Crippen molar-refractivity contribution >= 4 is 12.0 Å². The Kier molecular flexibility index (Phi) is 6.54. The molecule has 1 aliphatic carbocycles. The zero-order chi connectivity index (χ0) is 20.8. The first-order valence-electron chi connectivity index (χ1n) is 9.39. The fourth-order valence-electron chi connectivity index (χ4n) is 2.94. The fraction of sp³-hybridized carbons (Fsp3) is 0.381. The highest BCUT2D eigenvalue weighted by Crippen LogP contribution is 2.39. The summed E-state index contributed by atoms with van der Waals surface area (Å²) in [5.41, 5.74) is 1.50. The van der Waals surface area contributed by atoms with Crippen molar-refractivity contribution in [2.24, 2.45) is 0 Å². The van der Waals surface area contributed by atoms with Gasteiger partial charge in [-0.05, 0) is 42.7 Å². The third-order valence-corrected chi connectivity index (χ3v) is 4.62. The smallest absolute Gasteiger partial charge is 0.266 e. The Morgan fingerprint density at radius 2 is 1.86 bits per heavy atom. The second-order valence-electron chi connectivity index (χ2n) is 6.68. The maximum atomic E-state index is 12.1. The van der Waals surface area contributed by atoms with Crippen LogP contribution in [-0.4, -0.2) is 43.6 Å². The van der Waals surface area contributed by atoms with Gasteiger partial charge in [0.15, 0.2) is 11.5 Å². The molecular weight excluding hydrogens is 374 g/mol. The Morgan fingerprint density at radius 3 is 2.45 bits per heavy atom. The molecule has 0 saturated heterocycles. The normalized spacial score (nSPS) is 13.3. The molecule has 1 amide bonds. The summed E-state index contributed by atoms with van der Waals surface area (Å²) in [6, 6.07) is 6.82. The van der Waals surface area contributed by atoms with Crippen LogP contribution in [-0.2, 0) is 11.3 Å². The summed E-state index contributed by atoms with van der Waals surface area (Å²) >= 11 is 0. The topological polar surface area (TPSA) is 91.7 Å². The number of nitrogens with one attached hydrogen (secondary N) is 1. The molecule has 0 unspecified atom stereocenters. The number of hydrogen-bond donors (Lipinski definition) is 1. The fourth-order valence-corrected chi connectivity index (χ4v) is 2.94. The van der Waals surface area contributed by atoms with Gasteiger partial charge in [0, 0.05) is 24.6 Å². The molecule has 154 valence electrons. The molecule has 1 heterocycles. The van der Waals surface area contributed by atoms with Crippen LogP contribution >= 0.6 is 0 Å². The third-order valence-electron chi connectivity index (χ3n) is 4.62. The van der Waals surface area contributed by atoms with Crippen molar-refractivity contribution in [1.29, 1.82) is 0 Å². The number of nitrogens with zero attached hydrogens (tertiary/aromatic N) is 2. The van der Waals surface area contributed by atoms with Crippen LogP contribution in [0.5, 0.6) is 17.2 Å². The van der Waals surface area contributed by atoms with Crippen LogP contribution in [0.3, 0.4) is 0 Å². The van der Waals surface area contributed by atoms with Gasteiger partial charge in [-0.25, -0.2) is 4.68 Å². The number of ether oxygens (including phenoxy) is 3. The standard InChI is InChI=1S/C21H25N3O5/c1-27-17-12-14(13-18(28-2)21(17)29-3)4-8-19(25)22-10-11-24-20(26)9-7-16(23-24)15-5-6-15/h4,7-9,12-13,15H,5-6,10-11H2,1-3H3,(H,22,25)/b8-4+. The minimum Gasteiger partial charge on any atom is -0.493 e. The van der Waals surface area contributed by atoms with Crippen molar-refractivity contribution in [2.45, 2.75) is 25.3 Å². The lowest BCUT2D eigenvalue weighted by atomic mass is 10.1. The van der Waals surface area contributed by atoms with E-state index in [0.29, 0.717) is 36.3 Å². The molecule has 1 fully saturated rings. The van der Waals surface area contributed by atoms with Gasteiger partial charge in [0.2, 0.25) is 11.7 Å². The Labute approximate surface area is 169 Å². The van der Waals surface area contributed by atoms with Crippen molar-refractivity contribution in [3.63, 3.8) is 0 Å². The minimum atomic E-state index is -0.273. The van der Waals surface area contributed by atoms with Gasteiger partial charge in [-0.1, -0.05) is 0 Å². The van der Waals surface area contributed by atoms with E-state index in [2.05, 4.69) is 10.4 Å². The summed E-state index contributed by atoms with van der Waals surface area (Å²) in [6.07, 6.45) is 5.30. The van der Waals surface area contributed by atoms with Gasteiger partial charge in [-0.15, -0.1) is 0 Å². The molecule has 0 radical (unpaired) electrons. The van der Waals surface area contributed by atoms with Gasteiger partial charge >= 0.3 is 0 Å². The summed E-state index contributed by atoms with van der Waals surface area (Å²) in [5.74, 6) is 1.70. The highest BCUT2D eigenvalue weighted by Gasteiger charge is 2.25. The van der Waals surface area contributed by atoms with Crippen molar-refractivity contribution in [3.05, 3.63) is 52.0 Å². The highest BCUT2D eigenvalue weighted by atomic mass is 16.5. The number of aromatic nitrogens is 2. The van der Waals surface area contributed by atoms with Crippen LogP contribution < -0.4 is 25.1 Å². The largest absolute Gasteiger partial charge is 0.493 e. The van der Waals surface area contributed by atoms with Crippen molar-refractivity contribution < 1.29 is 19.0 Å². The molecule has 0 spiro atoms. The molecule has 1 aromatic carbocycles. The molecule has 1 aromatic heterocycles. The first kappa shape index (κ1) is 20.4. The van der Waals surface area contributed by atoms with E-state index in [1.165, 1.54) is 38.2 Å². The van der Waals surface area contributed by atoms with Gasteiger partial charge in [0.1, 0.15) is 0 Å².